The summed E-state index contributed by atoms with van der Waals surface area (Å²) in [7, 11) is -3.84. The van der Waals surface area contributed by atoms with Gasteiger partial charge in [-0.3, -0.25) is 0 Å². The maximum absolute atomic E-state index is 12.8. The van der Waals surface area contributed by atoms with Crippen LogP contribution in [0.2, 0.25) is 0 Å². The van der Waals surface area contributed by atoms with Crippen LogP contribution in [-0.2, 0) is 10.0 Å². The maximum atomic E-state index is 12.8. The minimum atomic E-state index is -3.84. The predicted molar refractivity (Wildman–Crippen MR) is 47.4 cm³/mol. The van der Waals surface area contributed by atoms with Gasteiger partial charge in [-0.1, -0.05) is 0 Å². The lowest BCUT2D eigenvalue weighted by molar-refractivity contribution is 0.598. The Balaban J connectivity index is 2.87. The molecular weight excluding hydrogens is 209 g/mol. The van der Waals surface area contributed by atoms with Crippen molar-refractivity contribution in [2.75, 3.05) is 0 Å². The smallest absolute Gasteiger partial charge is 0.240 e. The van der Waals surface area contributed by atoms with E-state index in [-0.39, 0.29) is 15.9 Å². The second-order valence-corrected chi connectivity index (χ2v) is 4.28. The number of nitrogens with two attached hydrogens (primary N) is 1. The van der Waals surface area contributed by atoms with E-state index in [0.29, 0.717) is 0 Å². The van der Waals surface area contributed by atoms with Crippen molar-refractivity contribution < 1.29 is 12.8 Å². The first kappa shape index (κ1) is 9.10. The van der Waals surface area contributed by atoms with Gasteiger partial charge in [-0.15, -0.1) is 0 Å². The van der Waals surface area contributed by atoms with Gasteiger partial charge in [0.05, 0.1) is 6.20 Å². The van der Waals surface area contributed by atoms with Crippen LogP contribution in [0.25, 0.3) is 11.0 Å². The van der Waals surface area contributed by atoms with E-state index in [0.717, 1.165) is 12.3 Å². The fraction of sp³-hybridized carbons (Fsp3) is 0. The van der Waals surface area contributed by atoms with E-state index in [1.165, 1.54) is 6.20 Å². The molecule has 0 aliphatic rings. The number of nitrogens with zero attached hydrogens (tertiary/aromatic N) is 1. The van der Waals surface area contributed by atoms with Gasteiger partial charge in [0, 0.05) is 11.6 Å². The van der Waals surface area contributed by atoms with Crippen molar-refractivity contribution in [3.63, 3.8) is 0 Å². The third-order valence-electron chi connectivity index (χ3n) is 1.77. The van der Waals surface area contributed by atoms with Crippen LogP contribution in [0.1, 0.15) is 0 Å². The minimum Gasteiger partial charge on any atom is -0.345 e. The van der Waals surface area contributed by atoms with Crippen LogP contribution in [0.4, 0.5) is 4.39 Å². The van der Waals surface area contributed by atoms with Gasteiger partial charge < -0.3 is 4.98 Å². The first-order chi connectivity index (χ1) is 6.48. The number of halogens is 1. The van der Waals surface area contributed by atoms with Gasteiger partial charge in [0.15, 0.2) is 0 Å². The van der Waals surface area contributed by atoms with E-state index in [4.69, 9.17) is 5.14 Å². The Morgan fingerprint density at radius 1 is 1.50 bits per heavy atom. The highest BCUT2D eigenvalue weighted by Gasteiger charge is 2.15. The maximum Gasteiger partial charge on any atom is 0.240 e. The number of aromatic amines is 1. The van der Waals surface area contributed by atoms with Crippen LogP contribution >= 0.6 is 0 Å². The molecule has 14 heavy (non-hydrogen) atoms. The van der Waals surface area contributed by atoms with Crippen LogP contribution in [0, 0.1) is 5.82 Å². The lowest BCUT2D eigenvalue weighted by Gasteiger charge is -1.94. The zero-order valence-electron chi connectivity index (χ0n) is 6.86. The zero-order chi connectivity index (χ0) is 10.3. The van der Waals surface area contributed by atoms with Crippen molar-refractivity contribution in [2.45, 2.75) is 4.90 Å². The molecule has 2 aromatic heterocycles. The second-order valence-electron chi connectivity index (χ2n) is 2.75. The van der Waals surface area contributed by atoms with Crippen molar-refractivity contribution >= 4 is 21.1 Å². The summed E-state index contributed by atoms with van der Waals surface area (Å²) < 4.78 is 34.8. The Bertz CT molecular complexity index is 590. The first-order valence-electron chi connectivity index (χ1n) is 3.64. The molecule has 0 aromatic carbocycles. The Hall–Kier alpha value is -1.47. The van der Waals surface area contributed by atoms with Crippen LogP contribution in [-0.4, -0.2) is 18.4 Å². The van der Waals surface area contributed by atoms with Gasteiger partial charge in [0.1, 0.15) is 16.4 Å². The van der Waals surface area contributed by atoms with Gasteiger partial charge in [0.25, 0.3) is 0 Å². The zero-order valence-corrected chi connectivity index (χ0v) is 7.68. The topological polar surface area (TPSA) is 88.8 Å². The van der Waals surface area contributed by atoms with Gasteiger partial charge in [-0.2, -0.15) is 0 Å². The van der Waals surface area contributed by atoms with Crippen LogP contribution in [0.15, 0.2) is 23.4 Å². The Morgan fingerprint density at radius 3 is 2.86 bits per heavy atom. The third-order valence-corrected chi connectivity index (χ3v) is 2.72. The average Bonchev–Trinajstić information content (AvgIpc) is 2.45. The number of rotatable bonds is 1. The summed E-state index contributed by atoms with van der Waals surface area (Å²) in [6, 6.07) is 1.07. The molecule has 5 nitrogen and oxygen atoms in total. The highest BCUT2D eigenvalue weighted by Crippen LogP contribution is 2.20. The highest BCUT2D eigenvalue weighted by atomic mass is 32.2. The molecule has 3 N–H and O–H groups in total. The molecule has 0 spiro atoms. The molecule has 0 unspecified atom stereocenters. The van der Waals surface area contributed by atoms with Crippen molar-refractivity contribution in [2.24, 2.45) is 5.14 Å². The fourth-order valence-electron chi connectivity index (χ4n) is 1.19. The minimum absolute atomic E-state index is 0.153. The number of hydrogen-bond donors (Lipinski definition) is 2. The number of H-pyrrole nitrogens is 1. The van der Waals surface area contributed by atoms with Crippen molar-refractivity contribution in [1.82, 2.24) is 9.97 Å². The summed E-state index contributed by atoms with van der Waals surface area (Å²) in [5, 5.41) is 5.08. The quantitative estimate of drug-likeness (QED) is 0.719. The number of pyridine rings is 1. The summed E-state index contributed by atoms with van der Waals surface area (Å²) in [6.45, 7) is 0. The monoisotopic (exact) mass is 215 g/mol. The summed E-state index contributed by atoms with van der Waals surface area (Å²) in [5.41, 5.74) is 0.287. The molecule has 2 heterocycles. The first-order valence-corrected chi connectivity index (χ1v) is 5.18. The number of nitrogens with one attached hydrogen (secondary N) is 1. The molecule has 74 valence electrons. The van der Waals surface area contributed by atoms with E-state index in [2.05, 4.69) is 9.97 Å². The number of primary sulfonamides is 1. The largest absolute Gasteiger partial charge is 0.345 e. The van der Waals surface area contributed by atoms with E-state index in [1.54, 1.807) is 0 Å². The predicted octanol–water partition coefficient (Wildman–Crippen LogP) is 0.349. The summed E-state index contributed by atoms with van der Waals surface area (Å²) in [5.74, 6) is -0.609. The molecule has 2 aromatic rings. The molecular formula is C7H6FN3O2S. The second kappa shape index (κ2) is 2.76. The standard InChI is InChI=1S/C7H6FN3O2S/c8-4-1-5-6(14(9,12)13)3-11-7(5)10-2-4/h1-3H,(H,10,11)(H2,9,12,13). The molecule has 0 saturated heterocycles. The number of aromatic nitrogens is 2. The average molecular weight is 215 g/mol. The fourth-order valence-corrected chi connectivity index (χ4v) is 1.87. The number of fused-ring (bicyclic) bond motifs is 1. The molecule has 0 bridgehead atoms. The van der Waals surface area contributed by atoms with E-state index >= 15 is 0 Å². The van der Waals surface area contributed by atoms with Gasteiger partial charge in [0.2, 0.25) is 10.0 Å². The summed E-state index contributed by atoms with van der Waals surface area (Å²) in [6.07, 6.45) is 2.18. The van der Waals surface area contributed by atoms with Gasteiger partial charge in [-0.05, 0) is 6.07 Å². The summed E-state index contributed by atoms with van der Waals surface area (Å²) >= 11 is 0. The number of hydrogen-bond acceptors (Lipinski definition) is 3. The lowest BCUT2D eigenvalue weighted by Crippen LogP contribution is -2.11. The Morgan fingerprint density at radius 2 is 2.21 bits per heavy atom. The molecule has 2 rings (SSSR count). The lowest BCUT2D eigenvalue weighted by atomic mass is 10.3. The normalized spacial score (nSPS) is 12.1. The summed E-state index contributed by atoms with van der Waals surface area (Å²) in [4.78, 5) is 6.10. The third kappa shape index (κ3) is 1.36. The molecule has 0 radical (unpaired) electrons. The van der Waals surface area contributed by atoms with Crippen LogP contribution in [0.5, 0.6) is 0 Å². The number of sulfonamides is 1. The molecule has 0 aliphatic heterocycles. The Labute approximate surface area is 78.8 Å². The Kier molecular flexibility index (Phi) is 1.79. The molecule has 0 fully saturated rings. The van der Waals surface area contributed by atoms with E-state index < -0.39 is 15.8 Å². The molecule has 0 atom stereocenters. The SMILES string of the molecule is NS(=O)(=O)c1c[nH]c2ncc(F)cc12. The van der Waals surface area contributed by atoms with Gasteiger partial charge in [-0.25, -0.2) is 22.9 Å². The van der Waals surface area contributed by atoms with Crippen LogP contribution in [0.3, 0.4) is 0 Å². The molecule has 7 heteroatoms. The van der Waals surface area contributed by atoms with Crippen molar-refractivity contribution in [3.05, 3.63) is 24.3 Å². The van der Waals surface area contributed by atoms with E-state index in [1.807, 2.05) is 0 Å². The van der Waals surface area contributed by atoms with E-state index in [9.17, 15) is 12.8 Å². The molecule has 0 amide bonds. The highest BCUT2D eigenvalue weighted by molar-refractivity contribution is 7.89. The van der Waals surface area contributed by atoms with Crippen molar-refractivity contribution in [3.8, 4) is 0 Å². The van der Waals surface area contributed by atoms with Crippen molar-refractivity contribution in [1.29, 1.82) is 0 Å². The van der Waals surface area contributed by atoms with Gasteiger partial charge >= 0.3 is 0 Å². The molecule has 0 aliphatic carbocycles. The molecule has 0 saturated carbocycles. The van der Waals surface area contributed by atoms with Crippen LogP contribution < -0.4 is 5.14 Å².